The molecule has 0 saturated carbocycles. The van der Waals surface area contributed by atoms with Crippen LogP contribution >= 0.6 is 12.4 Å². The molecular weight excluding hydrogens is 274 g/mol. The Hall–Kier alpha value is -1.67. The third-order valence-electron chi connectivity index (χ3n) is 2.27. The summed E-state index contributed by atoms with van der Waals surface area (Å²) in [6.45, 7) is 4.50. The zero-order valence-corrected chi connectivity index (χ0v) is 11.5. The summed E-state index contributed by atoms with van der Waals surface area (Å²) in [5.74, 6) is -0.0916. The summed E-state index contributed by atoms with van der Waals surface area (Å²) in [5.41, 5.74) is -0.0671. The second-order valence-electron chi connectivity index (χ2n) is 3.67. The van der Waals surface area contributed by atoms with Gasteiger partial charge in [0.25, 0.3) is 0 Å². The topological polar surface area (TPSA) is 102 Å². The Morgan fingerprint density at radius 2 is 2.26 bits per heavy atom. The van der Waals surface area contributed by atoms with E-state index in [1.807, 2.05) is 6.92 Å². The van der Waals surface area contributed by atoms with E-state index < -0.39 is 4.92 Å². The maximum atomic E-state index is 11.4. The molecule has 0 radical (unpaired) electrons. The van der Waals surface area contributed by atoms with Crippen LogP contribution in [0.2, 0.25) is 0 Å². The van der Waals surface area contributed by atoms with E-state index in [9.17, 15) is 14.9 Å². The van der Waals surface area contributed by atoms with Gasteiger partial charge in [-0.1, -0.05) is 6.92 Å². The quantitative estimate of drug-likeness (QED) is 0.408. The third-order valence-corrected chi connectivity index (χ3v) is 2.27. The van der Waals surface area contributed by atoms with Gasteiger partial charge in [-0.25, -0.2) is 0 Å². The Balaban J connectivity index is 0.00000324. The Labute approximate surface area is 117 Å². The molecular formula is C10H18ClN5O3. The molecule has 0 atom stereocenters. The normalized spacial score (nSPS) is 9.74. The number of aryl methyl sites for hydroxylation is 1. The molecule has 19 heavy (non-hydrogen) atoms. The van der Waals surface area contributed by atoms with Crippen LogP contribution in [0.25, 0.3) is 0 Å². The molecule has 108 valence electrons. The van der Waals surface area contributed by atoms with Gasteiger partial charge in [-0.05, 0) is 6.54 Å². The molecule has 1 heterocycles. The Morgan fingerprint density at radius 3 is 2.84 bits per heavy atom. The summed E-state index contributed by atoms with van der Waals surface area (Å²) in [7, 11) is 0. The highest BCUT2D eigenvalue weighted by atomic mass is 35.5. The SMILES string of the molecule is CCNCCNC(=O)CCn1cc([N+](=O)[O-])cn1.Cl. The molecule has 9 heteroatoms. The number of nitro groups is 1. The van der Waals surface area contributed by atoms with Gasteiger partial charge in [0, 0.05) is 26.1 Å². The average Bonchev–Trinajstić information content (AvgIpc) is 2.81. The average molecular weight is 292 g/mol. The van der Waals surface area contributed by atoms with Crippen molar-refractivity contribution in [2.45, 2.75) is 19.9 Å². The largest absolute Gasteiger partial charge is 0.355 e. The Bertz CT molecular complexity index is 410. The van der Waals surface area contributed by atoms with Crippen molar-refractivity contribution in [2.24, 2.45) is 0 Å². The number of rotatable bonds is 8. The zero-order chi connectivity index (χ0) is 13.4. The van der Waals surface area contributed by atoms with Crippen LogP contribution < -0.4 is 10.6 Å². The number of nitrogens with zero attached hydrogens (tertiary/aromatic N) is 3. The number of halogens is 1. The number of nitrogens with one attached hydrogen (secondary N) is 2. The molecule has 0 aliphatic carbocycles. The molecule has 8 nitrogen and oxygen atoms in total. The molecule has 1 aromatic rings. The van der Waals surface area contributed by atoms with Crippen LogP contribution in [0.3, 0.4) is 0 Å². The number of hydrogen-bond donors (Lipinski definition) is 2. The minimum atomic E-state index is -0.514. The molecule has 0 bridgehead atoms. The lowest BCUT2D eigenvalue weighted by molar-refractivity contribution is -0.385. The fourth-order valence-electron chi connectivity index (χ4n) is 1.34. The van der Waals surface area contributed by atoms with Crippen molar-refractivity contribution < 1.29 is 9.72 Å². The summed E-state index contributed by atoms with van der Waals surface area (Å²) < 4.78 is 1.39. The van der Waals surface area contributed by atoms with Gasteiger partial charge in [-0.2, -0.15) is 5.10 Å². The summed E-state index contributed by atoms with van der Waals surface area (Å²) in [6, 6.07) is 0. The highest BCUT2D eigenvalue weighted by molar-refractivity contribution is 5.85. The lowest BCUT2D eigenvalue weighted by atomic mass is 10.4. The molecule has 0 saturated heterocycles. The minimum absolute atomic E-state index is 0. The van der Waals surface area contributed by atoms with Gasteiger partial charge in [0.05, 0.1) is 4.92 Å². The van der Waals surface area contributed by atoms with E-state index >= 15 is 0 Å². The van der Waals surface area contributed by atoms with E-state index in [0.717, 1.165) is 13.1 Å². The van der Waals surface area contributed by atoms with E-state index in [4.69, 9.17) is 0 Å². The first kappa shape index (κ1) is 17.3. The van der Waals surface area contributed by atoms with E-state index in [-0.39, 0.29) is 30.4 Å². The van der Waals surface area contributed by atoms with Crippen LogP contribution in [0.5, 0.6) is 0 Å². The van der Waals surface area contributed by atoms with Crippen molar-refractivity contribution in [2.75, 3.05) is 19.6 Å². The van der Waals surface area contributed by atoms with Gasteiger partial charge in [0.15, 0.2) is 0 Å². The summed E-state index contributed by atoms with van der Waals surface area (Å²) in [5, 5.41) is 20.0. The molecule has 0 aliphatic rings. The molecule has 0 aliphatic heterocycles. The van der Waals surface area contributed by atoms with E-state index in [0.29, 0.717) is 13.1 Å². The molecule has 0 aromatic carbocycles. The fourth-order valence-corrected chi connectivity index (χ4v) is 1.34. The number of carbonyl (C=O) groups is 1. The zero-order valence-electron chi connectivity index (χ0n) is 10.7. The van der Waals surface area contributed by atoms with E-state index in [1.54, 1.807) is 0 Å². The summed E-state index contributed by atoms with van der Waals surface area (Å²) in [4.78, 5) is 21.3. The lowest BCUT2D eigenvalue weighted by Crippen LogP contribution is -2.32. The van der Waals surface area contributed by atoms with E-state index in [1.165, 1.54) is 17.1 Å². The van der Waals surface area contributed by atoms with Gasteiger partial charge in [-0.15, -0.1) is 12.4 Å². The van der Waals surface area contributed by atoms with Gasteiger partial charge < -0.3 is 10.6 Å². The standard InChI is InChI=1S/C10H17N5O3.ClH/c1-2-11-4-5-12-10(16)3-6-14-8-9(7-13-14)15(17)18;/h7-8,11H,2-6H2,1H3,(H,12,16);1H. The predicted octanol–water partition coefficient (Wildman–Crippen LogP) is 0.329. The fraction of sp³-hybridized carbons (Fsp3) is 0.600. The molecule has 1 aromatic heterocycles. The lowest BCUT2D eigenvalue weighted by Gasteiger charge is -2.05. The smallest absolute Gasteiger partial charge is 0.306 e. The maximum absolute atomic E-state index is 11.4. The van der Waals surface area contributed by atoms with Crippen molar-refractivity contribution in [1.82, 2.24) is 20.4 Å². The highest BCUT2D eigenvalue weighted by Gasteiger charge is 2.09. The number of hydrogen-bond acceptors (Lipinski definition) is 5. The number of amides is 1. The minimum Gasteiger partial charge on any atom is -0.355 e. The maximum Gasteiger partial charge on any atom is 0.306 e. The molecule has 0 spiro atoms. The van der Waals surface area contributed by atoms with Crippen molar-refractivity contribution in [3.63, 3.8) is 0 Å². The Morgan fingerprint density at radius 1 is 1.53 bits per heavy atom. The van der Waals surface area contributed by atoms with Crippen LogP contribution in [-0.4, -0.2) is 40.2 Å². The second kappa shape index (κ2) is 9.29. The van der Waals surface area contributed by atoms with Crippen molar-refractivity contribution in [3.8, 4) is 0 Å². The monoisotopic (exact) mass is 291 g/mol. The molecule has 1 rings (SSSR count). The van der Waals surface area contributed by atoms with Crippen molar-refractivity contribution >= 4 is 24.0 Å². The molecule has 0 fully saturated rings. The van der Waals surface area contributed by atoms with Gasteiger partial charge in [0.2, 0.25) is 5.91 Å². The molecule has 0 unspecified atom stereocenters. The first-order valence-electron chi connectivity index (χ1n) is 5.77. The third kappa shape index (κ3) is 6.73. The van der Waals surface area contributed by atoms with Gasteiger partial charge in [-0.3, -0.25) is 19.6 Å². The van der Waals surface area contributed by atoms with Crippen LogP contribution in [-0.2, 0) is 11.3 Å². The van der Waals surface area contributed by atoms with Crippen LogP contribution in [0, 0.1) is 10.1 Å². The van der Waals surface area contributed by atoms with Crippen molar-refractivity contribution in [3.05, 3.63) is 22.5 Å². The first-order chi connectivity index (χ1) is 8.63. The number of likely N-dealkylation sites (N-methyl/N-ethyl adjacent to an activating group) is 1. The Kier molecular flexibility index (Phi) is 8.47. The van der Waals surface area contributed by atoms with Crippen LogP contribution in [0.1, 0.15) is 13.3 Å². The first-order valence-corrected chi connectivity index (χ1v) is 5.77. The van der Waals surface area contributed by atoms with Crippen LogP contribution in [0.4, 0.5) is 5.69 Å². The number of aromatic nitrogens is 2. The molecule has 1 amide bonds. The predicted molar refractivity (Wildman–Crippen MR) is 72.3 cm³/mol. The summed E-state index contributed by atoms with van der Waals surface area (Å²) in [6.07, 6.45) is 2.74. The van der Waals surface area contributed by atoms with Gasteiger partial charge in [0.1, 0.15) is 12.4 Å². The highest BCUT2D eigenvalue weighted by Crippen LogP contribution is 2.07. The van der Waals surface area contributed by atoms with Crippen molar-refractivity contribution in [1.29, 1.82) is 0 Å². The van der Waals surface area contributed by atoms with Crippen LogP contribution in [0.15, 0.2) is 12.4 Å². The number of carbonyl (C=O) groups excluding carboxylic acids is 1. The van der Waals surface area contributed by atoms with Gasteiger partial charge >= 0.3 is 5.69 Å². The molecule has 2 N–H and O–H groups in total. The summed E-state index contributed by atoms with van der Waals surface area (Å²) >= 11 is 0. The van der Waals surface area contributed by atoms with E-state index in [2.05, 4.69) is 15.7 Å². The second-order valence-corrected chi connectivity index (χ2v) is 3.67.